The van der Waals surface area contributed by atoms with Gasteiger partial charge in [-0.05, 0) is 44.9 Å². The van der Waals surface area contributed by atoms with Crippen molar-refractivity contribution in [3.8, 4) is 0 Å². The van der Waals surface area contributed by atoms with Crippen LogP contribution >= 0.6 is 0 Å². The maximum atomic E-state index is 13.1. The number of unbranched alkanes of at least 4 members (excludes halogenated alkanes) is 22. The molecule has 1 amide bonds. The van der Waals surface area contributed by atoms with Crippen LogP contribution in [-0.2, 0) is 14.3 Å². The summed E-state index contributed by atoms with van der Waals surface area (Å²) in [5.41, 5.74) is 0. The molecule has 0 fully saturated rings. The summed E-state index contributed by atoms with van der Waals surface area (Å²) in [4.78, 5) is 26.0. The second kappa shape index (κ2) is 42.7. The average molecular weight is 770 g/mol. The van der Waals surface area contributed by atoms with Crippen molar-refractivity contribution < 1.29 is 24.5 Å². The van der Waals surface area contributed by atoms with Crippen molar-refractivity contribution in [1.29, 1.82) is 0 Å². The first-order valence-electron chi connectivity index (χ1n) is 23.1. The fourth-order valence-corrected chi connectivity index (χ4v) is 6.69. The monoisotopic (exact) mass is 770 g/mol. The van der Waals surface area contributed by atoms with Crippen molar-refractivity contribution in [2.45, 2.75) is 232 Å². The van der Waals surface area contributed by atoms with Crippen LogP contribution in [0.2, 0.25) is 0 Å². The molecule has 0 bridgehead atoms. The highest BCUT2D eigenvalue weighted by Crippen LogP contribution is 2.17. The maximum Gasteiger partial charge on any atom is 0.306 e. The highest BCUT2D eigenvalue weighted by atomic mass is 16.5. The van der Waals surface area contributed by atoms with E-state index >= 15 is 0 Å². The Labute approximate surface area is 339 Å². The van der Waals surface area contributed by atoms with Crippen molar-refractivity contribution in [3.05, 3.63) is 60.8 Å². The van der Waals surface area contributed by atoms with E-state index in [-0.39, 0.29) is 24.9 Å². The Morgan fingerprint density at radius 2 is 0.964 bits per heavy atom. The smallest absolute Gasteiger partial charge is 0.306 e. The number of carbonyl (C=O) groups is 2. The lowest BCUT2D eigenvalue weighted by molar-refractivity contribution is -0.151. The van der Waals surface area contributed by atoms with E-state index in [1.807, 2.05) is 36.5 Å². The Balaban J connectivity index is 4.72. The van der Waals surface area contributed by atoms with E-state index in [0.29, 0.717) is 19.3 Å². The molecule has 3 atom stereocenters. The van der Waals surface area contributed by atoms with E-state index in [9.17, 15) is 19.8 Å². The topological polar surface area (TPSA) is 95.9 Å². The van der Waals surface area contributed by atoms with Crippen molar-refractivity contribution in [1.82, 2.24) is 5.32 Å². The Morgan fingerprint density at radius 3 is 1.47 bits per heavy atom. The second-order valence-corrected chi connectivity index (χ2v) is 15.6. The summed E-state index contributed by atoms with van der Waals surface area (Å²) in [6.07, 6.45) is 51.3. The van der Waals surface area contributed by atoms with Crippen LogP contribution in [-0.4, -0.2) is 46.9 Å². The number of allylic oxidation sites excluding steroid dienone is 10. The molecule has 0 aliphatic heterocycles. The predicted molar refractivity (Wildman–Crippen MR) is 236 cm³/mol. The number of hydrogen-bond acceptors (Lipinski definition) is 5. The minimum Gasteiger partial charge on any atom is -0.462 e. The molecule has 3 unspecified atom stereocenters. The zero-order valence-corrected chi connectivity index (χ0v) is 36.0. The van der Waals surface area contributed by atoms with Gasteiger partial charge in [0.05, 0.1) is 25.2 Å². The van der Waals surface area contributed by atoms with Gasteiger partial charge in [-0.25, -0.2) is 0 Å². The first-order chi connectivity index (χ1) is 27.0. The first-order valence-corrected chi connectivity index (χ1v) is 23.1. The van der Waals surface area contributed by atoms with Crippen molar-refractivity contribution in [3.63, 3.8) is 0 Å². The summed E-state index contributed by atoms with van der Waals surface area (Å²) in [5, 5.41) is 23.6. The van der Waals surface area contributed by atoms with Gasteiger partial charge in [0.1, 0.15) is 6.10 Å². The third-order valence-corrected chi connectivity index (χ3v) is 10.2. The van der Waals surface area contributed by atoms with Crippen LogP contribution in [0.3, 0.4) is 0 Å². The van der Waals surface area contributed by atoms with Gasteiger partial charge in [0.25, 0.3) is 0 Å². The standard InChI is InChI=1S/C49H87NO5/c1-4-7-10-13-16-19-22-23-24-25-26-27-28-31-34-37-40-45(55-49(54)42-39-36-33-30-21-18-15-12-9-6-3)43-48(53)50-46(44-51)47(52)41-38-35-32-29-20-17-14-11-8-5-2/h10,13,16,19,22-27,45-47,51-52H,4-9,11-12,14-15,17-18,20-21,28-44H2,1-3H3,(H,50,53)/b13-10+,19-16+,23-22+,25-24+,27-26+. The van der Waals surface area contributed by atoms with E-state index in [1.54, 1.807) is 0 Å². The zero-order valence-electron chi connectivity index (χ0n) is 36.0. The number of nitrogens with one attached hydrogen (secondary N) is 1. The molecule has 0 radical (unpaired) electrons. The SMILES string of the molecule is CCC/C=C/C=C/C=C/C=C/C=C/CCCCCC(CC(=O)NC(CO)C(O)CCCCCCCCCCCC)OC(=O)CCCCCCCCCCCC. The predicted octanol–water partition coefficient (Wildman–Crippen LogP) is 13.3. The Bertz CT molecular complexity index is 999. The molecule has 0 spiro atoms. The fraction of sp³-hybridized carbons (Fsp3) is 0.755. The molecule has 55 heavy (non-hydrogen) atoms. The van der Waals surface area contributed by atoms with Gasteiger partial charge in [0.15, 0.2) is 0 Å². The van der Waals surface area contributed by atoms with E-state index in [0.717, 1.165) is 70.6 Å². The summed E-state index contributed by atoms with van der Waals surface area (Å²) in [7, 11) is 0. The molecule has 318 valence electrons. The molecule has 0 aliphatic carbocycles. The van der Waals surface area contributed by atoms with E-state index < -0.39 is 18.2 Å². The van der Waals surface area contributed by atoms with Crippen LogP contribution in [0, 0.1) is 0 Å². The van der Waals surface area contributed by atoms with Gasteiger partial charge >= 0.3 is 5.97 Å². The third-order valence-electron chi connectivity index (χ3n) is 10.2. The molecule has 0 aromatic heterocycles. The molecule has 0 saturated heterocycles. The van der Waals surface area contributed by atoms with Gasteiger partial charge in [-0.2, -0.15) is 0 Å². The van der Waals surface area contributed by atoms with Crippen LogP contribution < -0.4 is 5.32 Å². The highest BCUT2D eigenvalue weighted by Gasteiger charge is 2.24. The molecule has 3 N–H and O–H groups in total. The van der Waals surface area contributed by atoms with Gasteiger partial charge in [0.2, 0.25) is 5.91 Å². The molecular weight excluding hydrogens is 683 g/mol. The maximum absolute atomic E-state index is 13.1. The largest absolute Gasteiger partial charge is 0.462 e. The number of ether oxygens (including phenoxy) is 1. The Hall–Kier alpha value is -2.44. The van der Waals surface area contributed by atoms with Gasteiger partial charge in [-0.1, -0.05) is 216 Å². The van der Waals surface area contributed by atoms with Crippen LogP contribution in [0.1, 0.15) is 213 Å². The highest BCUT2D eigenvalue weighted by molar-refractivity contribution is 5.77. The Morgan fingerprint density at radius 1 is 0.527 bits per heavy atom. The first kappa shape index (κ1) is 52.6. The number of carbonyl (C=O) groups excluding carboxylic acids is 2. The summed E-state index contributed by atoms with van der Waals surface area (Å²) >= 11 is 0. The third kappa shape index (κ3) is 38.2. The molecule has 0 rings (SSSR count). The van der Waals surface area contributed by atoms with Crippen LogP contribution in [0.5, 0.6) is 0 Å². The van der Waals surface area contributed by atoms with Crippen molar-refractivity contribution in [2.24, 2.45) is 0 Å². The van der Waals surface area contributed by atoms with Gasteiger partial charge in [0, 0.05) is 6.42 Å². The molecule has 0 aliphatic rings. The molecule has 6 nitrogen and oxygen atoms in total. The van der Waals surface area contributed by atoms with Gasteiger partial charge in [-0.3, -0.25) is 9.59 Å². The minimum absolute atomic E-state index is 0.0493. The molecule has 0 heterocycles. The summed E-state index contributed by atoms with van der Waals surface area (Å²) in [6, 6.07) is -0.713. The number of rotatable bonds is 40. The van der Waals surface area contributed by atoms with Crippen LogP contribution in [0.25, 0.3) is 0 Å². The quantitative estimate of drug-likeness (QED) is 0.0328. The summed E-state index contributed by atoms with van der Waals surface area (Å²) in [5.74, 6) is -0.519. The van der Waals surface area contributed by atoms with Crippen LogP contribution in [0.15, 0.2) is 60.8 Å². The molecule has 0 aromatic rings. The zero-order chi connectivity index (χ0) is 40.3. The van der Waals surface area contributed by atoms with Crippen molar-refractivity contribution >= 4 is 11.9 Å². The molecular formula is C49H87NO5. The summed E-state index contributed by atoms with van der Waals surface area (Å²) < 4.78 is 5.88. The van der Waals surface area contributed by atoms with Crippen LogP contribution in [0.4, 0.5) is 0 Å². The van der Waals surface area contributed by atoms with E-state index in [4.69, 9.17) is 4.74 Å². The number of hydrogen-bond donors (Lipinski definition) is 3. The van der Waals surface area contributed by atoms with Gasteiger partial charge < -0.3 is 20.3 Å². The number of esters is 1. The average Bonchev–Trinajstić information content (AvgIpc) is 3.18. The van der Waals surface area contributed by atoms with E-state index in [2.05, 4.69) is 50.4 Å². The Kier molecular flexibility index (Phi) is 40.8. The number of aliphatic hydroxyl groups is 2. The fourth-order valence-electron chi connectivity index (χ4n) is 6.69. The molecule has 0 saturated carbocycles. The minimum atomic E-state index is -0.797. The second-order valence-electron chi connectivity index (χ2n) is 15.6. The lowest BCUT2D eigenvalue weighted by Crippen LogP contribution is -2.46. The molecule has 6 heteroatoms. The lowest BCUT2D eigenvalue weighted by Gasteiger charge is -2.24. The molecule has 0 aromatic carbocycles. The number of amides is 1. The summed E-state index contributed by atoms with van der Waals surface area (Å²) in [6.45, 7) is 6.34. The normalized spacial score (nSPS) is 13.9. The number of aliphatic hydroxyl groups excluding tert-OH is 2. The lowest BCUT2D eigenvalue weighted by atomic mass is 10.0. The van der Waals surface area contributed by atoms with E-state index in [1.165, 1.54) is 96.3 Å². The van der Waals surface area contributed by atoms with Gasteiger partial charge in [-0.15, -0.1) is 0 Å². The van der Waals surface area contributed by atoms with Crippen molar-refractivity contribution in [2.75, 3.05) is 6.61 Å².